The van der Waals surface area contributed by atoms with Crippen LogP contribution in [0.5, 0.6) is 0 Å². The smallest absolute Gasteiger partial charge is 0.411 e. The van der Waals surface area contributed by atoms with Crippen LogP contribution in [0.4, 0.5) is 10.5 Å². The summed E-state index contributed by atoms with van der Waals surface area (Å²) in [5.74, 6) is 0. The summed E-state index contributed by atoms with van der Waals surface area (Å²) < 4.78 is 10.8. The Kier molecular flexibility index (Phi) is 4.12. The highest BCUT2D eigenvalue weighted by Gasteiger charge is 2.43. The number of carbonyl (C=O) groups is 1. The number of aromatic nitrogens is 1. The van der Waals surface area contributed by atoms with E-state index < -0.39 is 6.09 Å². The molecule has 138 valence electrons. The molecular weight excluding hydrogens is 340 g/mol. The molecule has 1 atom stereocenters. The SMILES string of the molecule is COC(=O)Nc1c2c(nc3ccccc13)-c1ccccc1C(C)(C)C2OC. The minimum absolute atomic E-state index is 0.272. The van der Waals surface area contributed by atoms with Gasteiger partial charge in [-0.1, -0.05) is 56.3 Å². The Morgan fingerprint density at radius 3 is 2.52 bits per heavy atom. The van der Waals surface area contributed by atoms with E-state index >= 15 is 0 Å². The second-order valence-electron chi connectivity index (χ2n) is 7.27. The number of nitrogens with zero attached hydrogens (tertiary/aromatic N) is 1. The zero-order valence-corrected chi connectivity index (χ0v) is 15.9. The molecule has 5 heteroatoms. The Bertz CT molecular complexity index is 1040. The number of hydrogen-bond donors (Lipinski definition) is 1. The molecule has 1 heterocycles. The second-order valence-corrected chi connectivity index (χ2v) is 7.27. The third kappa shape index (κ3) is 2.58. The predicted molar refractivity (Wildman–Crippen MR) is 106 cm³/mol. The van der Waals surface area contributed by atoms with Gasteiger partial charge in [-0.15, -0.1) is 0 Å². The van der Waals surface area contributed by atoms with Gasteiger partial charge < -0.3 is 9.47 Å². The molecule has 0 spiro atoms. The average molecular weight is 362 g/mol. The van der Waals surface area contributed by atoms with Crippen molar-refractivity contribution in [2.24, 2.45) is 0 Å². The predicted octanol–water partition coefficient (Wildman–Crippen LogP) is 5.06. The van der Waals surface area contributed by atoms with E-state index in [0.717, 1.165) is 27.7 Å². The van der Waals surface area contributed by atoms with Crippen LogP contribution in [0.3, 0.4) is 0 Å². The monoisotopic (exact) mass is 362 g/mol. The van der Waals surface area contributed by atoms with Gasteiger partial charge >= 0.3 is 6.09 Å². The van der Waals surface area contributed by atoms with E-state index in [0.29, 0.717) is 5.69 Å². The van der Waals surface area contributed by atoms with Crippen molar-refractivity contribution in [1.29, 1.82) is 0 Å². The van der Waals surface area contributed by atoms with E-state index in [2.05, 4.69) is 31.3 Å². The van der Waals surface area contributed by atoms with E-state index in [1.54, 1.807) is 7.11 Å². The highest BCUT2D eigenvalue weighted by molar-refractivity contribution is 6.03. The number of ether oxygens (including phenoxy) is 2. The number of methoxy groups -OCH3 is 2. The molecule has 2 aromatic carbocycles. The molecule has 5 nitrogen and oxygen atoms in total. The van der Waals surface area contributed by atoms with Crippen LogP contribution in [0.1, 0.15) is 31.1 Å². The fourth-order valence-corrected chi connectivity index (χ4v) is 4.14. The highest BCUT2D eigenvalue weighted by atomic mass is 16.5. The molecule has 3 aromatic rings. The minimum atomic E-state index is -0.514. The number of nitrogens with one attached hydrogen (secondary N) is 1. The number of fused-ring (bicyclic) bond motifs is 4. The third-order valence-electron chi connectivity index (χ3n) is 5.37. The first kappa shape index (κ1) is 17.5. The summed E-state index contributed by atoms with van der Waals surface area (Å²) in [6.45, 7) is 4.31. The van der Waals surface area contributed by atoms with Crippen molar-refractivity contribution in [3.63, 3.8) is 0 Å². The Morgan fingerprint density at radius 2 is 1.78 bits per heavy atom. The lowest BCUT2D eigenvalue weighted by molar-refractivity contribution is 0.0438. The molecule has 0 radical (unpaired) electrons. The van der Waals surface area contributed by atoms with Gasteiger partial charge in [0.2, 0.25) is 0 Å². The van der Waals surface area contributed by atoms with Crippen LogP contribution in [0.15, 0.2) is 48.5 Å². The molecule has 0 aliphatic heterocycles. The van der Waals surface area contributed by atoms with Crippen molar-refractivity contribution in [3.05, 3.63) is 59.7 Å². The minimum Gasteiger partial charge on any atom is -0.453 e. The van der Waals surface area contributed by atoms with E-state index in [-0.39, 0.29) is 11.5 Å². The van der Waals surface area contributed by atoms with Crippen LogP contribution in [0.2, 0.25) is 0 Å². The zero-order valence-electron chi connectivity index (χ0n) is 15.9. The van der Waals surface area contributed by atoms with Crippen LogP contribution >= 0.6 is 0 Å². The Hall–Kier alpha value is -2.92. The van der Waals surface area contributed by atoms with Crippen molar-refractivity contribution < 1.29 is 14.3 Å². The number of pyridine rings is 1. The lowest BCUT2D eigenvalue weighted by Gasteiger charge is -2.41. The van der Waals surface area contributed by atoms with Gasteiger partial charge in [-0.05, 0) is 11.6 Å². The fourth-order valence-electron chi connectivity index (χ4n) is 4.14. The maximum Gasteiger partial charge on any atom is 0.411 e. The molecule has 1 aromatic heterocycles. The second kappa shape index (κ2) is 6.35. The van der Waals surface area contributed by atoms with Crippen molar-refractivity contribution in [3.8, 4) is 11.3 Å². The summed E-state index contributed by atoms with van der Waals surface area (Å²) in [5.41, 5.74) is 5.16. The number of carbonyl (C=O) groups excluding carboxylic acids is 1. The Morgan fingerprint density at radius 1 is 1.07 bits per heavy atom. The molecule has 0 fully saturated rings. The molecule has 0 bridgehead atoms. The van der Waals surface area contributed by atoms with Crippen LogP contribution in [0.25, 0.3) is 22.2 Å². The van der Waals surface area contributed by atoms with Gasteiger partial charge in [0.25, 0.3) is 0 Å². The van der Waals surface area contributed by atoms with E-state index in [9.17, 15) is 4.79 Å². The molecular formula is C22H22N2O3. The number of benzene rings is 2. The summed E-state index contributed by atoms with van der Waals surface area (Å²) in [6.07, 6.45) is -0.785. The molecule has 1 N–H and O–H groups in total. The summed E-state index contributed by atoms with van der Waals surface area (Å²) in [5, 5.41) is 3.77. The van der Waals surface area contributed by atoms with Crippen molar-refractivity contribution >= 4 is 22.7 Å². The normalized spacial score (nSPS) is 17.1. The first-order valence-corrected chi connectivity index (χ1v) is 8.89. The Balaban J connectivity index is 2.13. The Labute approximate surface area is 158 Å². The van der Waals surface area contributed by atoms with Gasteiger partial charge in [-0.3, -0.25) is 5.32 Å². The van der Waals surface area contributed by atoms with E-state index in [4.69, 9.17) is 14.5 Å². The third-order valence-corrected chi connectivity index (χ3v) is 5.37. The lowest BCUT2D eigenvalue weighted by atomic mass is 9.68. The lowest BCUT2D eigenvalue weighted by Crippen LogP contribution is -2.34. The molecule has 0 saturated heterocycles. The summed E-state index contributed by atoms with van der Waals surface area (Å²) >= 11 is 0. The van der Waals surface area contributed by atoms with Crippen molar-refractivity contribution in [1.82, 2.24) is 4.98 Å². The van der Waals surface area contributed by atoms with Gasteiger partial charge in [0.1, 0.15) is 0 Å². The number of rotatable bonds is 2. The molecule has 1 amide bonds. The van der Waals surface area contributed by atoms with Crippen LogP contribution in [-0.4, -0.2) is 25.3 Å². The van der Waals surface area contributed by atoms with Crippen LogP contribution in [-0.2, 0) is 14.9 Å². The van der Waals surface area contributed by atoms with Gasteiger partial charge in [-0.2, -0.15) is 0 Å². The average Bonchev–Trinajstić information content (AvgIpc) is 2.68. The van der Waals surface area contributed by atoms with E-state index in [1.165, 1.54) is 12.7 Å². The number of anilines is 1. The molecule has 1 aliphatic carbocycles. The van der Waals surface area contributed by atoms with Gasteiger partial charge in [-0.25, -0.2) is 9.78 Å². The van der Waals surface area contributed by atoms with Gasteiger partial charge in [0, 0.05) is 29.0 Å². The van der Waals surface area contributed by atoms with E-state index in [1.807, 2.05) is 36.4 Å². The maximum atomic E-state index is 12.1. The number of hydrogen-bond acceptors (Lipinski definition) is 4. The highest BCUT2D eigenvalue weighted by Crippen LogP contribution is 2.53. The van der Waals surface area contributed by atoms with Crippen molar-refractivity contribution in [2.45, 2.75) is 25.4 Å². The molecule has 1 unspecified atom stereocenters. The summed E-state index contributed by atoms with van der Waals surface area (Å²) in [7, 11) is 3.06. The quantitative estimate of drug-likeness (QED) is 0.692. The zero-order chi connectivity index (χ0) is 19.2. The molecule has 27 heavy (non-hydrogen) atoms. The molecule has 4 rings (SSSR count). The molecule has 1 aliphatic rings. The maximum absolute atomic E-state index is 12.1. The molecule has 0 saturated carbocycles. The fraction of sp³-hybridized carbons (Fsp3) is 0.273. The van der Waals surface area contributed by atoms with Crippen molar-refractivity contribution in [2.75, 3.05) is 19.5 Å². The standard InChI is InChI=1S/C22H22N2O3/c1-22(2)15-11-7-5-9-13(15)18-17(20(22)26-3)19(24-21(25)27-4)14-10-6-8-12-16(14)23-18/h5-12,20H,1-4H3,(H,23,24,25). The first-order chi connectivity index (χ1) is 13.0. The van der Waals surface area contributed by atoms with Gasteiger partial charge in [0.15, 0.2) is 0 Å². The number of para-hydroxylation sites is 1. The van der Waals surface area contributed by atoms with Gasteiger partial charge in [0.05, 0.1) is 30.1 Å². The first-order valence-electron chi connectivity index (χ1n) is 8.89. The summed E-state index contributed by atoms with van der Waals surface area (Å²) in [4.78, 5) is 17.1. The van der Waals surface area contributed by atoms with Crippen LogP contribution < -0.4 is 5.32 Å². The summed E-state index contributed by atoms with van der Waals surface area (Å²) in [6, 6.07) is 16.0. The number of amides is 1. The van der Waals surface area contributed by atoms with Crippen LogP contribution in [0, 0.1) is 0 Å². The topological polar surface area (TPSA) is 60.5 Å². The largest absolute Gasteiger partial charge is 0.453 e.